The second-order valence-corrected chi connectivity index (χ2v) is 5.93. The third-order valence-corrected chi connectivity index (χ3v) is 3.99. The van der Waals surface area contributed by atoms with Crippen LogP contribution in [0.2, 0.25) is 0 Å². The van der Waals surface area contributed by atoms with Gasteiger partial charge in [-0.1, -0.05) is 48.2 Å². The maximum atomic E-state index is 3.33. The molecule has 2 nitrogen and oxygen atoms in total. The summed E-state index contributed by atoms with van der Waals surface area (Å²) >= 11 is 0. The Morgan fingerprint density at radius 3 is 1.95 bits per heavy atom. The Bertz CT molecular complexity index is 659. The van der Waals surface area contributed by atoms with E-state index in [9.17, 15) is 0 Å². The average Bonchev–Trinajstić information content (AvgIpc) is 2.69. The summed E-state index contributed by atoms with van der Waals surface area (Å²) in [6.45, 7) is 1.54. The van der Waals surface area contributed by atoms with Gasteiger partial charge in [0.1, 0.15) is 0 Å². The third-order valence-electron chi connectivity index (χ3n) is 3.99. The van der Waals surface area contributed by atoms with Crippen LogP contribution in [-0.2, 0) is 12.8 Å². The third kappa shape index (κ3) is 3.16. The molecular formula is C20H22N2. The smallest absolute Gasteiger partial charge is 0.0843 e. The van der Waals surface area contributed by atoms with Gasteiger partial charge in [0.15, 0.2) is 0 Å². The Morgan fingerprint density at radius 1 is 0.864 bits per heavy atom. The van der Waals surface area contributed by atoms with Crippen molar-refractivity contribution in [3.63, 3.8) is 0 Å². The predicted octanol–water partition coefficient (Wildman–Crippen LogP) is 3.49. The van der Waals surface area contributed by atoms with Crippen molar-refractivity contribution in [2.45, 2.75) is 12.8 Å². The second kappa shape index (κ2) is 6.68. The molecule has 0 radical (unpaired) electrons. The highest BCUT2D eigenvalue weighted by molar-refractivity contribution is 5.71. The number of rotatable bonds is 2. The van der Waals surface area contributed by atoms with Gasteiger partial charge >= 0.3 is 0 Å². The van der Waals surface area contributed by atoms with Crippen LogP contribution in [0, 0.1) is 11.8 Å². The van der Waals surface area contributed by atoms with Crippen molar-refractivity contribution in [1.29, 1.82) is 0 Å². The van der Waals surface area contributed by atoms with Crippen molar-refractivity contribution in [1.82, 2.24) is 4.90 Å². The van der Waals surface area contributed by atoms with E-state index in [1.165, 1.54) is 22.5 Å². The van der Waals surface area contributed by atoms with Crippen LogP contribution in [0.5, 0.6) is 0 Å². The van der Waals surface area contributed by atoms with Crippen LogP contribution in [-0.4, -0.2) is 32.1 Å². The minimum atomic E-state index is 0.738. The summed E-state index contributed by atoms with van der Waals surface area (Å²) < 4.78 is 0. The predicted molar refractivity (Wildman–Crippen MR) is 93.6 cm³/mol. The molecule has 0 aliphatic carbocycles. The van der Waals surface area contributed by atoms with Crippen LogP contribution in [0.3, 0.4) is 0 Å². The van der Waals surface area contributed by atoms with E-state index < -0.39 is 0 Å². The molecular weight excluding hydrogens is 268 g/mol. The molecule has 2 heteroatoms. The molecule has 0 amide bonds. The van der Waals surface area contributed by atoms with Gasteiger partial charge in [0.05, 0.1) is 13.1 Å². The number of para-hydroxylation sites is 2. The zero-order valence-corrected chi connectivity index (χ0v) is 13.3. The average molecular weight is 290 g/mol. The lowest BCUT2D eigenvalue weighted by Crippen LogP contribution is -2.19. The van der Waals surface area contributed by atoms with Crippen LogP contribution in [0.4, 0.5) is 11.4 Å². The summed E-state index contributed by atoms with van der Waals surface area (Å²) in [5, 5.41) is 0. The van der Waals surface area contributed by atoms with Crippen LogP contribution in [0.1, 0.15) is 11.1 Å². The molecule has 2 aromatic rings. The normalized spacial score (nSPS) is 13.0. The number of fused-ring (bicyclic) bond motifs is 2. The van der Waals surface area contributed by atoms with E-state index in [1.807, 2.05) is 14.1 Å². The fourth-order valence-electron chi connectivity index (χ4n) is 2.89. The van der Waals surface area contributed by atoms with E-state index in [1.54, 1.807) is 0 Å². The summed E-state index contributed by atoms with van der Waals surface area (Å²) in [4.78, 5) is 4.46. The van der Waals surface area contributed by atoms with Gasteiger partial charge in [-0.05, 0) is 50.2 Å². The zero-order valence-electron chi connectivity index (χ0n) is 13.3. The number of hydrogen-bond donors (Lipinski definition) is 0. The molecule has 0 spiro atoms. The highest BCUT2D eigenvalue weighted by Gasteiger charge is 2.18. The Morgan fingerprint density at radius 2 is 1.41 bits per heavy atom. The van der Waals surface area contributed by atoms with Gasteiger partial charge in [0.2, 0.25) is 0 Å². The standard InChI is InChI=1S/C20H22N2/c1-21(2)15-7-8-16-22-19-11-5-3-9-17(19)13-14-18-10-4-6-12-20(18)22/h3-6,9-12H,13-16H2,1-2H3. The van der Waals surface area contributed by atoms with E-state index in [-0.39, 0.29) is 0 Å². The molecule has 0 atom stereocenters. The molecule has 3 rings (SSSR count). The van der Waals surface area contributed by atoms with Gasteiger partial charge in [0.25, 0.3) is 0 Å². The molecule has 0 unspecified atom stereocenters. The first-order valence-corrected chi connectivity index (χ1v) is 7.79. The molecule has 0 N–H and O–H groups in total. The van der Waals surface area contributed by atoms with Gasteiger partial charge in [-0.25, -0.2) is 0 Å². The van der Waals surface area contributed by atoms with Crippen molar-refractivity contribution >= 4 is 11.4 Å². The van der Waals surface area contributed by atoms with E-state index in [2.05, 4.69) is 70.2 Å². The Balaban J connectivity index is 1.96. The molecule has 1 heterocycles. The SMILES string of the molecule is CN(C)CC#CCN1c2ccccc2CCc2ccccc21. The van der Waals surface area contributed by atoms with E-state index in [0.717, 1.165) is 25.9 Å². The molecule has 112 valence electrons. The number of nitrogens with zero attached hydrogens (tertiary/aromatic N) is 2. The minimum Gasteiger partial charge on any atom is -0.329 e. The lowest BCUT2D eigenvalue weighted by molar-refractivity contribution is 0.464. The first-order valence-electron chi connectivity index (χ1n) is 7.79. The van der Waals surface area contributed by atoms with E-state index in [4.69, 9.17) is 0 Å². The summed E-state index contributed by atoms with van der Waals surface area (Å²) in [6.07, 6.45) is 2.18. The van der Waals surface area contributed by atoms with E-state index in [0.29, 0.717) is 0 Å². The highest BCUT2D eigenvalue weighted by Crippen LogP contribution is 2.35. The Kier molecular flexibility index (Phi) is 4.46. The fraction of sp³-hybridized carbons (Fsp3) is 0.300. The Labute approximate surface area is 133 Å². The zero-order chi connectivity index (χ0) is 15.4. The van der Waals surface area contributed by atoms with Crippen LogP contribution >= 0.6 is 0 Å². The first kappa shape index (κ1) is 14.7. The van der Waals surface area contributed by atoms with Gasteiger partial charge in [-0.2, -0.15) is 0 Å². The first-order chi connectivity index (χ1) is 10.8. The summed E-state index contributed by atoms with van der Waals surface area (Å²) in [7, 11) is 4.09. The van der Waals surface area contributed by atoms with Gasteiger partial charge in [0, 0.05) is 11.4 Å². The van der Waals surface area contributed by atoms with Gasteiger partial charge in [-0.3, -0.25) is 4.90 Å². The number of anilines is 2. The maximum Gasteiger partial charge on any atom is 0.0843 e. The van der Waals surface area contributed by atoms with Crippen molar-refractivity contribution in [2.75, 3.05) is 32.1 Å². The summed E-state index contributed by atoms with van der Waals surface area (Å²) in [5.41, 5.74) is 5.42. The topological polar surface area (TPSA) is 6.48 Å². The molecule has 1 aliphatic rings. The van der Waals surface area contributed by atoms with Crippen molar-refractivity contribution in [3.8, 4) is 11.8 Å². The van der Waals surface area contributed by atoms with Crippen LogP contribution in [0.15, 0.2) is 48.5 Å². The lowest BCUT2D eigenvalue weighted by atomic mass is 10.0. The number of benzene rings is 2. The van der Waals surface area contributed by atoms with Crippen molar-refractivity contribution in [2.24, 2.45) is 0 Å². The minimum absolute atomic E-state index is 0.738. The highest BCUT2D eigenvalue weighted by atomic mass is 15.1. The monoisotopic (exact) mass is 290 g/mol. The maximum absolute atomic E-state index is 3.33. The Hall–Kier alpha value is -2.24. The largest absolute Gasteiger partial charge is 0.329 e. The fourth-order valence-corrected chi connectivity index (χ4v) is 2.89. The molecule has 0 aromatic heterocycles. The molecule has 0 bridgehead atoms. The lowest BCUT2D eigenvalue weighted by Gasteiger charge is -2.24. The van der Waals surface area contributed by atoms with Crippen molar-refractivity contribution < 1.29 is 0 Å². The summed E-state index contributed by atoms with van der Waals surface area (Å²) in [5.74, 6) is 6.58. The van der Waals surface area contributed by atoms with Crippen molar-refractivity contribution in [3.05, 3.63) is 59.7 Å². The van der Waals surface area contributed by atoms with Crippen LogP contribution in [0.25, 0.3) is 0 Å². The molecule has 0 saturated carbocycles. The second-order valence-electron chi connectivity index (χ2n) is 5.93. The molecule has 0 saturated heterocycles. The number of hydrogen-bond acceptors (Lipinski definition) is 2. The molecule has 2 aromatic carbocycles. The van der Waals surface area contributed by atoms with Gasteiger partial charge < -0.3 is 4.90 Å². The van der Waals surface area contributed by atoms with Crippen LogP contribution < -0.4 is 4.90 Å². The molecule has 0 fully saturated rings. The number of aryl methyl sites for hydroxylation is 2. The summed E-state index contributed by atoms with van der Waals surface area (Å²) in [6, 6.07) is 17.4. The quantitative estimate of drug-likeness (QED) is 0.781. The molecule has 1 aliphatic heterocycles. The van der Waals surface area contributed by atoms with E-state index >= 15 is 0 Å². The van der Waals surface area contributed by atoms with Gasteiger partial charge in [-0.15, -0.1) is 0 Å². The molecule has 22 heavy (non-hydrogen) atoms.